The Balaban J connectivity index is 2.20. The molecule has 1 heterocycles. The van der Waals surface area contributed by atoms with Gasteiger partial charge >= 0.3 is 0 Å². The molecule has 7 nitrogen and oxygen atoms in total. The monoisotopic (exact) mass is 324 g/mol. The molecule has 1 atom stereocenters. The van der Waals surface area contributed by atoms with E-state index in [-0.39, 0.29) is 16.9 Å². The number of nitrogens with zero attached hydrogens (tertiary/aromatic N) is 3. The van der Waals surface area contributed by atoms with Crippen molar-refractivity contribution in [1.82, 2.24) is 19.7 Å². The number of benzene rings is 1. The molecule has 1 aromatic carbocycles. The van der Waals surface area contributed by atoms with Gasteiger partial charge in [0.25, 0.3) is 0 Å². The molecular weight excluding hydrogens is 304 g/mol. The van der Waals surface area contributed by atoms with E-state index in [4.69, 9.17) is 4.74 Å². The molecule has 2 aromatic rings. The molecule has 0 spiro atoms. The molecule has 0 aliphatic heterocycles. The van der Waals surface area contributed by atoms with Gasteiger partial charge < -0.3 is 4.74 Å². The van der Waals surface area contributed by atoms with Crippen LogP contribution in [0.15, 0.2) is 41.6 Å². The van der Waals surface area contributed by atoms with E-state index in [0.29, 0.717) is 12.3 Å². The van der Waals surface area contributed by atoms with Crippen LogP contribution in [-0.4, -0.2) is 36.6 Å². The molecule has 0 saturated heterocycles. The van der Waals surface area contributed by atoms with Crippen molar-refractivity contribution < 1.29 is 13.2 Å². The largest absolute Gasteiger partial charge is 0.497 e. The number of methoxy groups -OCH3 is 1. The number of nitrogens with one attached hydrogen (secondary N) is 1. The molecule has 22 heavy (non-hydrogen) atoms. The molecule has 1 unspecified atom stereocenters. The van der Waals surface area contributed by atoms with Crippen molar-refractivity contribution in [3.8, 4) is 5.75 Å². The van der Waals surface area contributed by atoms with Crippen molar-refractivity contribution in [2.24, 2.45) is 5.92 Å². The quantitative estimate of drug-likeness (QED) is 0.829. The predicted molar refractivity (Wildman–Crippen MR) is 82.0 cm³/mol. The van der Waals surface area contributed by atoms with Crippen LogP contribution in [-0.2, 0) is 16.6 Å². The first-order valence-corrected chi connectivity index (χ1v) is 8.41. The van der Waals surface area contributed by atoms with Gasteiger partial charge in [-0.2, -0.15) is 15.0 Å². The van der Waals surface area contributed by atoms with Crippen LogP contribution in [0.25, 0.3) is 0 Å². The zero-order valence-electron chi connectivity index (χ0n) is 12.8. The van der Waals surface area contributed by atoms with E-state index >= 15 is 0 Å². The number of sulfonamides is 1. The average Bonchev–Trinajstić information content (AvgIpc) is 2.99. The molecule has 0 radical (unpaired) electrons. The van der Waals surface area contributed by atoms with E-state index in [0.717, 1.165) is 0 Å². The van der Waals surface area contributed by atoms with Crippen LogP contribution in [0.4, 0.5) is 0 Å². The van der Waals surface area contributed by atoms with Crippen LogP contribution >= 0.6 is 0 Å². The second-order valence-electron chi connectivity index (χ2n) is 5.23. The molecule has 0 fully saturated rings. The van der Waals surface area contributed by atoms with Gasteiger partial charge in [0, 0.05) is 12.1 Å². The number of hydrogen-bond acceptors (Lipinski definition) is 5. The molecule has 1 aromatic heterocycles. The van der Waals surface area contributed by atoms with E-state index in [1.54, 1.807) is 24.5 Å². The van der Waals surface area contributed by atoms with Crippen LogP contribution in [0.2, 0.25) is 0 Å². The van der Waals surface area contributed by atoms with Gasteiger partial charge in [0.1, 0.15) is 5.75 Å². The fourth-order valence-corrected chi connectivity index (χ4v) is 3.34. The Kier molecular flexibility index (Phi) is 5.15. The second-order valence-corrected chi connectivity index (χ2v) is 6.95. The Morgan fingerprint density at radius 1 is 1.27 bits per heavy atom. The summed E-state index contributed by atoms with van der Waals surface area (Å²) in [6.07, 6.45) is 3.13. The molecular formula is C14H20N4O3S. The first kappa shape index (κ1) is 16.4. The normalized spacial score (nSPS) is 13.3. The highest BCUT2D eigenvalue weighted by atomic mass is 32.2. The SMILES string of the molecule is COc1cccc(S(=O)(=O)NC(Cn2nccn2)C(C)C)c1. The Hall–Kier alpha value is -1.93. The minimum absolute atomic E-state index is 0.0892. The number of aromatic nitrogens is 3. The van der Waals surface area contributed by atoms with E-state index in [9.17, 15) is 8.42 Å². The lowest BCUT2D eigenvalue weighted by Gasteiger charge is -2.21. The van der Waals surface area contributed by atoms with Crippen molar-refractivity contribution in [3.63, 3.8) is 0 Å². The van der Waals surface area contributed by atoms with Crippen molar-refractivity contribution in [2.45, 2.75) is 31.3 Å². The van der Waals surface area contributed by atoms with Crippen molar-refractivity contribution in [2.75, 3.05) is 7.11 Å². The molecule has 2 rings (SSSR count). The lowest BCUT2D eigenvalue weighted by molar-refractivity contribution is 0.361. The van der Waals surface area contributed by atoms with Gasteiger partial charge in [-0.05, 0) is 18.1 Å². The van der Waals surface area contributed by atoms with Gasteiger partial charge in [-0.1, -0.05) is 19.9 Å². The highest BCUT2D eigenvalue weighted by Crippen LogP contribution is 2.18. The lowest BCUT2D eigenvalue weighted by Crippen LogP contribution is -2.41. The maximum Gasteiger partial charge on any atom is 0.241 e. The molecule has 0 amide bonds. The van der Waals surface area contributed by atoms with Gasteiger partial charge in [-0.3, -0.25) is 0 Å². The smallest absolute Gasteiger partial charge is 0.241 e. The van der Waals surface area contributed by atoms with E-state index in [1.165, 1.54) is 24.0 Å². The van der Waals surface area contributed by atoms with E-state index in [2.05, 4.69) is 14.9 Å². The topological polar surface area (TPSA) is 86.1 Å². The second kappa shape index (κ2) is 6.89. The summed E-state index contributed by atoms with van der Waals surface area (Å²) < 4.78 is 32.8. The number of ether oxygens (including phenoxy) is 1. The van der Waals surface area contributed by atoms with Gasteiger partial charge in [-0.15, -0.1) is 0 Å². The highest BCUT2D eigenvalue weighted by Gasteiger charge is 2.23. The molecule has 120 valence electrons. The summed E-state index contributed by atoms with van der Waals surface area (Å²) in [5.74, 6) is 0.587. The lowest BCUT2D eigenvalue weighted by atomic mass is 10.1. The predicted octanol–water partition coefficient (Wildman–Crippen LogP) is 1.29. The van der Waals surface area contributed by atoms with Crippen molar-refractivity contribution >= 4 is 10.0 Å². The number of hydrogen-bond donors (Lipinski definition) is 1. The Labute approximate surface area is 130 Å². The van der Waals surface area contributed by atoms with Gasteiger partial charge in [-0.25, -0.2) is 13.1 Å². The Morgan fingerprint density at radius 2 is 1.95 bits per heavy atom. The Morgan fingerprint density at radius 3 is 2.55 bits per heavy atom. The summed E-state index contributed by atoms with van der Waals surface area (Å²) in [7, 11) is -2.14. The van der Waals surface area contributed by atoms with Crippen molar-refractivity contribution in [3.05, 3.63) is 36.7 Å². The number of rotatable bonds is 7. The zero-order valence-corrected chi connectivity index (χ0v) is 13.6. The maximum atomic E-state index is 12.5. The summed E-state index contributed by atoms with van der Waals surface area (Å²) in [6.45, 7) is 4.26. The van der Waals surface area contributed by atoms with Crippen LogP contribution in [0, 0.1) is 5.92 Å². The fraction of sp³-hybridized carbons (Fsp3) is 0.429. The summed E-state index contributed by atoms with van der Waals surface area (Å²) in [5.41, 5.74) is 0. The molecule has 1 N–H and O–H groups in total. The third-order valence-electron chi connectivity index (χ3n) is 3.29. The Bertz CT molecular complexity index is 699. The van der Waals surface area contributed by atoms with E-state index < -0.39 is 10.0 Å². The first-order chi connectivity index (χ1) is 10.4. The maximum absolute atomic E-state index is 12.5. The first-order valence-electron chi connectivity index (χ1n) is 6.93. The van der Waals surface area contributed by atoms with Crippen LogP contribution in [0.3, 0.4) is 0 Å². The summed E-state index contributed by atoms with van der Waals surface area (Å²) in [6, 6.07) is 6.06. The minimum atomic E-state index is -3.64. The molecule has 0 bridgehead atoms. The van der Waals surface area contributed by atoms with Gasteiger partial charge in [0.05, 0.1) is 30.9 Å². The summed E-state index contributed by atoms with van der Waals surface area (Å²) >= 11 is 0. The van der Waals surface area contributed by atoms with Gasteiger partial charge in [0.15, 0.2) is 0 Å². The molecule has 0 aliphatic rings. The molecule has 0 saturated carbocycles. The van der Waals surface area contributed by atoms with Crippen LogP contribution in [0.1, 0.15) is 13.8 Å². The molecule has 0 aliphatic carbocycles. The van der Waals surface area contributed by atoms with Gasteiger partial charge in [0.2, 0.25) is 10.0 Å². The summed E-state index contributed by atoms with van der Waals surface area (Å²) in [4.78, 5) is 1.64. The third kappa shape index (κ3) is 4.05. The third-order valence-corrected chi connectivity index (χ3v) is 4.78. The fourth-order valence-electron chi connectivity index (χ4n) is 1.93. The molecule has 8 heteroatoms. The average molecular weight is 324 g/mol. The zero-order chi connectivity index (χ0) is 16.2. The van der Waals surface area contributed by atoms with Crippen LogP contribution < -0.4 is 9.46 Å². The van der Waals surface area contributed by atoms with E-state index in [1.807, 2.05) is 13.8 Å². The van der Waals surface area contributed by atoms with Crippen LogP contribution in [0.5, 0.6) is 5.75 Å². The standard InChI is InChI=1S/C14H20N4O3S/c1-11(2)14(10-18-15-7-8-16-18)17-22(19,20)13-6-4-5-12(9-13)21-3/h4-9,11,14,17H,10H2,1-3H3. The van der Waals surface area contributed by atoms with Crippen molar-refractivity contribution in [1.29, 1.82) is 0 Å². The summed E-state index contributed by atoms with van der Waals surface area (Å²) in [5, 5.41) is 8.04. The minimum Gasteiger partial charge on any atom is -0.497 e. The highest BCUT2D eigenvalue weighted by molar-refractivity contribution is 7.89.